The molecule has 0 aliphatic carbocycles. The van der Waals surface area contributed by atoms with Crippen molar-refractivity contribution in [1.29, 1.82) is 0 Å². The molecule has 3 rings (SSSR count). The van der Waals surface area contributed by atoms with Crippen molar-refractivity contribution in [3.05, 3.63) is 46.7 Å². The van der Waals surface area contributed by atoms with Gasteiger partial charge in [0.1, 0.15) is 5.75 Å². The van der Waals surface area contributed by atoms with Crippen molar-refractivity contribution >= 4 is 21.4 Å². The third-order valence-corrected chi connectivity index (χ3v) is 6.88. The first-order chi connectivity index (χ1) is 12.5. The molecule has 1 aliphatic rings. The van der Waals surface area contributed by atoms with Gasteiger partial charge in [0.2, 0.25) is 10.0 Å². The number of hydrogen-bond acceptors (Lipinski definition) is 6. The SMILES string of the molecule is COc1ccc(S(=O)(=O)NC[C@H](c2ccsc2)N2CCN(C)CC2)cc1. The van der Waals surface area contributed by atoms with Crippen LogP contribution in [-0.4, -0.2) is 65.1 Å². The van der Waals surface area contributed by atoms with E-state index in [1.54, 1.807) is 42.7 Å². The van der Waals surface area contributed by atoms with E-state index in [1.807, 2.05) is 5.38 Å². The van der Waals surface area contributed by atoms with Gasteiger partial charge in [-0.15, -0.1) is 0 Å². The summed E-state index contributed by atoms with van der Waals surface area (Å²) in [6, 6.07) is 8.57. The standard InChI is InChI=1S/C18H25N3O3S2/c1-20-8-10-21(11-9-20)18(15-7-12-25-14-15)13-19-26(22,23)17-5-3-16(24-2)4-6-17/h3-7,12,14,18-19H,8-11,13H2,1-2H3/t18-/m1/s1. The van der Waals surface area contributed by atoms with Gasteiger partial charge < -0.3 is 9.64 Å². The van der Waals surface area contributed by atoms with Crippen LogP contribution < -0.4 is 9.46 Å². The number of hydrogen-bond donors (Lipinski definition) is 1. The second-order valence-corrected chi connectivity index (χ2v) is 8.99. The van der Waals surface area contributed by atoms with E-state index in [4.69, 9.17) is 4.74 Å². The lowest BCUT2D eigenvalue weighted by molar-refractivity contribution is 0.113. The zero-order valence-corrected chi connectivity index (χ0v) is 16.7. The second-order valence-electron chi connectivity index (χ2n) is 6.44. The Labute approximate surface area is 159 Å². The van der Waals surface area contributed by atoms with E-state index in [2.05, 4.69) is 33.0 Å². The molecular formula is C18H25N3O3S2. The van der Waals surface area contributed by atoms with Gasteiger partial charge in [0.05, 0.1) is 12.0 Å². The Morgan fingerprint density at radius 1 is 1.15 bits per heavy atom. The maximum Gasteiger partial charge on any atom is 0.240 e. The summed E-state index contributed by atoms with van der Waals surface area (Å²) >= 11 is 1.64. The van der Waals surface area contributed by atoms with Crippen LogP contribution in [0.15, 0.2) is 46.0 Å². The number of rotatable bonds is 7. The lowest BCUT2D eigenvalue weighted by atomic mass is 10.1. The number of methoxy groups -OCH3 is 1. The molecule has 0 amide bonds. The number of nitrogens with zero attached hydrogens (tertiary/aromatic N) is 2. The molecule has 142 valence electrons. The van der Waals surface area contributed by atoms with Crippen LogP contribution >= 0.6 is 11.3 Å². The molecule has 2 heterocycles. The second kappa shape index (κ2) is 8.49. The highest BCUT2D eigenvalue weighted by molar-refractivity contribution is 7.89. The highest BCUT2D eigenvalue weighted by Gasteiger charge is 2.26. The summed E-state index contributed by atoms with van der Waals surface area (Å²) < 4.78 is 33.2. The Hall–Kier alpha value is -1.45. The summed E-state index contributed by atoms with van der Waals surface area (Å²) in [5.74, 6) is 0.637. The van der Waals surface area contributed by atoms with E-state index in [9.17, 15) is 8.42 Å². The molecular weight excluding hydrogens is 370 g/mol. The Bertz CT molecular complexity index is 784. The van der Waals surface area contributed by atoms with Gasteiger partial charge in [-0.25, -0.2) is 13.1 Å². The summed E-state index contributed by atoms with van der Waals surface area (Å²) in [5, 5.41) is 4.14. The number of thiophene rings is 1. The Kier molecular flexibility index (Phi) is 6.31. The van der Waals surface area contributed by atoms with Crippen LogP contribution in [0.5, 0.6) is 5.75 Å². The first kappa shape index (κ1) is 19.3. The molecule has 1 N–H and O–H groups in total. The summed E-state index contributed by atoms with van der Waals surface area (Å²) in [5.41, 5.74) is 1.16. The number of benzene rings is 1. The van der Waals surface area contributed by atoms with Crippen LogP contribution in [-0.2, 0) is 10.0 Å². The van der Waals surface area contributed by atoms with Crippen molar-refractivity contribution in [1.82, 2.24) is 14.5 Å². The van der Waals surface area contributed by atoms with Gasteiger partial charge in [-0.05, 0) is 53.7 Å². The smallest absolute Gasteiger partial charge is 0.240 e. The van der Waals surface area contributed by atoms with Gasteiger partial charge in [0.25, 0.3) is 0 Å². The van der Waals surface area contributed by atoms with Crippen LogP contribution in [0.2, 0.25) is 0 Å². The van der Waals surface area contributed by atoms with Crippen molar-refractivity contribution in [2.24, 2.45) is 0 Å². The van der Waals surface area contributed by atoms with E-state index in [0.717, 1.165) is 31.7 Å². The van der Waals surface area contributed by atoms with Crippen LogP contribution in [0.1, 0.15) is 11.6 Å². The fourth-order valence-electron chi connectivity index (χ4n) is 3.08. The molecule has 8 heteroatoms. The maximum atomic E-state index is 12.7. The molecule has 1 atom stereocenters. The molecule has 0 spiro atoms. The Balaban J connectivity index is 1.72. The van der Waals surface area contributed by atoms with E-state index in [-0.39, 0.29) is 10.9 Å². The molecule has 0 bridgehead atoms. The number of nitrogens with one attached hydrogen (secondary N) is 1. The minimum atomic E-state index is -3.56. The van der Waals surface area contributed by atoms with Crippen molar-refractivity contribution in [3.63, 3.8) is 0 Å². The Morgan fingerprint density at radius 3 is 2.42 bits per heavy atom. The van der Waals surface area contributed by atoms with Gasteiger partial charge in [0, 0.05) is 38.8 Å². The highest BCUT2D eigenvalue weighted by Crippen LogP contribution is 2.24. The topological polar surface area (TPSA) is 61.9 Å². The average molecular weight is 396 g/mol. The molecule has 0 saturated carbocycles. The van der Waals surface area contributed by atoms with Crippen molar-refractivity contribution in [2.75, 3.05) is 46.9 Å². The fourth-order valence-corrected chi connectivity index (χ4v) is 4.83. The number of ether oxygens (including phenoxy) is 1. The molecule has 26 heavy (non-hydrogen) atoms. The third-order valence-electron chi connectivity index (χ3n) is 4.74. The lowest BCUT2D eigenvalue weighted by Gasteiger charge is -2.37. The van der Waals surface area contributed by atoms with E-state index >= 15 is 0 Å². The van der Waals surface area contributed by atoms with Crippen molar-refractivity contribution < 1.29 is 13.2 Å². The van der Waals surface area contributed by atoms with Crippen molar-refractivity contribution in [3.8, 4) is 5.75 Å². The summed E-state index contributed by atoms with van der Waals surface area (Å²) in [7, 11) is 0.113. The monoisotopic (exact) mass is 395 g/mol. The first-order valence-electron chi connectivity index (χ1n) is 8.58. The van der Waals surface area contributed by atoms with E-state index in [0.29, 0.717) is 12.3 Å². The van der Waals surface area contributed by atoms with Gasteiger partial charge in [-0.3, -0.25) is 4.90 Å². The molecule has 1 saturated heterocycles. The molecule has 1 fully saturated rings. The highest BCUT2D eigenvalue weighted by atomic mass is 32.2. The molecule has 0 radical (unpaired) electrons. The molecule has 0 unspecified atom stereocenters. The molecule has 1 aromatic heterocycles. The number of likely N-dealkylation sites (N-methyl/N-ethyl adjacent to an activating group) is 1. The molecule has 6 nitrogen and oxygen atoms in total. The number of piperazine rings is 1. The summed E-state index contributed by atoms with van der Waals surface area (Å²) in [6.45, 7) is 4.20. The van der Waals surface area contributed by atoms with Crippen molar-refractivity contribution in [2.45, 2.75) is 10.9 Å². The molecule has 1 aromatic carbocycles. The minimum Gasteiger partial charge on any atom is -0.497 e. The van der Waals surface area contributed by atoms with Gasteiger partial charge >= 0.3 is 0 Å². The largest absolute Gasteiger partial charge is 0.497 e. The zero-order chi connectivity index (χ0) is 18.6. The Morgan fingerprint density at radius 2 is 1.85 bits per heavy atom. The lowest BCUT2D eigenvalue weighted by Crippen LogP contribution is -2.48. The molecule has 1 aliphatic heterocycles. The zero-order valence-electron chi connectivity index (χ0n) is 15.1. The maximum absolute atomic E-state index is 12.7. The number of sulfonamides is 1. The normalized spacial score (nSPS) is 17.9. The predicted molar refractivity (Wildman–Crippen MR) is 104 cm³/mol. The van der Waals surface area contributed by atoms with Crippen LogP contribution in [0, 0.1) is 0 Å². The van der Waals surface area contributed by atoms with E-state index < -0.39 is 10.0 Å². The van der Waals surface area contributed by atoms with Crippen LogP contribution in [0.3, 0.4) is 0 Å². The first-order valence-corrected chi connectivity index (χ1v) is 11.0. The van der Waals surface area contributed by atoms with E-state index in [1.165, 1.54) is 0 Å². The predicted octanol–water partition coefficient (Wildman–Crippen LogP) is 2.02. The summed E-state index contributed by atoms with van der Waals surface area (Å²) in [4.78, 5) is 4.90. The van der Waals surface area contributed by atoms with Crippen LogP contribution in [0.25, 0.3) is 0 Å². The van der Waals surface area contributed by atoms with Gasteiger partial charge in [-0.2, -0.15) is 11.3 Å². The van der Waals surface area contributed by atoms with Gasteiger partial charge in [0.15, 0.2) is 0 Å². The summed E-state index contributed by atoms with van der Waals surface area (Å²) in [6.07, 6.45) is 0. The molecule has 2 aromatic rings. The average Bonchev–Trinajstić information content (AvgIpc) is 3.18. The third kappa shape index (κ3) is 4.63. The minimum absolute atomic E-state index is 0.0444. The van der Waals surface area contributed by atoms with Crippen LogP contribution in [0.4, 0.5) is 0 Å². The fraction of sp³-hybridized carbons (Fsp3) is 0.444. The quantitative estimate of drug-likeness (QED) is 0.777. The van der Waals surface area contributed by atoms with Gasteiger partial charge in [-0.1, -0.05) is 0 Å².